The van der Waals surface area contributed by atoms with Crippen LogP contribution < -0.4 is 11.1 Å². The molecule has 1 amide bonds. The highest BCUT2D eigenvalue weighted by Gasteiger charge is 2.23. The van der Waals surface area contributed by atoms with E-state index in [4.69, 9.17) is 10.7 Å². The molecule has 0 aliphatic rings. The zero-order chi connectivity index (χ0) is 27.8. The molecule has 0 fully saturated rings. The van der Waals surface area contributed by atoms with Crippen LogP contribution in [0, 0.1) is 17.7 Å². The van der Waals surface area contributed by atoms with Gasteiger partial charge in [-0.15, -0.1) is 5.10 Å². The van der Waals surface area contributed by atoms with Gasteiger partial charge in [-0.3, -0.25) is 9.48 Å². The summed E-state index contributed by atoms with van der Waals surface area (Å²) in [5.41, 5.74) is 10.7. The summed E-state index contributed by atoms with van der Waals surface area (Å²) in [6.45, 7) is 1.82. The number of nitrogens with zero attached hydrogens (tertiary/aromatic N) is 6. The number of fused-ring (bicyclic) bond motifs is 2. The molecule has 0 bridgehead atoms. The zero-order valence-electron chi connectivity index (χ0n) is 21.6. The van der Waals surface area contributed by atoms with Gasteiger partial charge in [-0.05, 0) is 48.9 Å². The Labute approximate surface area is 228 Å². The van der Waals surface area contributed by atoms with E-state index in [1.165, 1.54) is 16.6 Å². The molecular weight excluding hydrogens is 507 g/mol. The van der Waals surface area contributed by atoms with Crippen LogP contribution in [0.25, 0.3) is 27.7 Å². The molecular formula is C30H23FN8O. The number of hydrogen-bond acceptors (Lipinski definition) is 6. The molecule has 6 rings (SSSR count). The maximum Gasteiger partial charge on any atom is 0.259 e. The van der Waals surface area contributed by atoms with E-state index in [1.54, 1.807) is 41.5 Å². The third-order valence-electron chi connectivity index (χ3n) is 6.48. The average Bonchev–Trinajstić information content (AvgIpc) is 3.52. The fraction of sp³-hybridized carbons (Fsp3) is 0.100. The van der Waals surface area contributed by atoms with E-state index in [-0.39, 0.29) is 17.2 Å². The summed E-state index contributed by atoms with van der Waals surface area (Å²) in [7, 11) is 1.83. The maximum atomic E-state index is 14.3. The van der Waals surface area contributed by atoms with Gasteiger partial charge >= 0.3 is 0 Å². The number of aromatic nitrogens is 6. The quantitative estimate of drug-likeness (QED) is 0.329. The standard InChI is InChI=1S/C30H23FN8O/c1-18(35-30(40)26-28(32)37-39-13-5-12-33-29(26)39)27-24(21-7-3-8-22(31)14-21)15-23-20(6-4-9-25(23)36-27)11-10-19-16-34-38(2)17-19/h3-9,12-18H,1-2H3,(H2,32,37)(H,35,40). The second-order valence-corrected chi connectivity index (χ2v) is 9.30. The van der Waals surface area contributed by atoms with Gasteiger partial charge in [-0.1, -0.05) is 30.0 Å². The number of hydrogen-bond donors (Lipinski definition) is 2. The Hall–Kier alpha value is -5.56. The van der Waals surface area contributed by atoms with Gasteiger partial charge in [-0.2, -0.15) is 5.10 Å². The minimum absolute atomic E-state index is 0.0667. The van der Waals surface area contributed by atoms with E-state index in [1.807, 2.05) is 44.4 Å². The summed E-state index contributed by atoms with van der Waals surface area (Å²) in [6.07, 6.45) is 6.77. The fourth-order valence-electron chi connectivity index (χ4n) is 4.62. The summed E-state index contributed by atoms with van der Waals surface area (Å²) < 4.78 is 17.5. The molecule has 2 aromatic carbocycles. The first-order chi connectivity index (χ1) is 19.4. The van der Waals surface area contributed by atoms with Gasteiger partial charge in [0, 0.05) is 42.2 Å². The number of nitrogens with two attached hydrogens (primary N) is 1. The lowest BCUT2D eigenvalue weighted by Crippen LogP contribution is -2.28. The molecule has 4 aromatic heterocycles. The number of amides is 1. The predicted octanol–water partition coefficient (Wildman–Crippen LogP) is 4.29. The molecule has 3 N–H and O–H groups in total. The molecule has 10 heteroatoms. The number of pyridine rings is 1. The number of anilines is 1. The molecule has 6 aromatic rings. The van der Waals surface area contributed by atoms with Crippen molar-refractivity contribution in [2.45, 2.75) is 13.0 Å². The number of benzene rings is 2. The second kappa shape index (κ2) is 9.96. The van der Waals surface area contributed by atoms with Crippen LogP contribution >= 0.6 is 0 Å². The predicted molar refractivity (Wildman–Crippen MR) is 150 cm³/mol. The number of carbonyl (C=O) groups excluding carboxylic acids is 1. The molecule has 1 unspecified atom stereocenters. The number of carbonyl (C=O) groups is 1. The first-order valence-electron chi connectivity index (χ1n) is 12.5. The highest BCUT2D eigenvalue weighted by Crippen LogP contribution is 2.32. The number of nitrogen functional groups attached to an aromatic ring is 1. The zero-order valence-corrected chi connectivity index (χ0v) is 21.6. The van der Waals surface area contributed by atoms with Crippen LogP contribution in [-0.2, 0) is 7.05 Å². The lowest BCUT2D eigenvalue weighted by molar-refractivity contribution is 0.0941. The van der Waals surface area contributed by atoms with Gasteiger partial charge in [-0.25, -0.2) is 18.9 Å². The Morgan fingerprint density at radius 1 is 1.12 bits per heavy atom. The van der Waals surface area contributed by atoms with E-state index >= 15 is 0 Å². The van der Waals surface area contributed by atoms with Crippen molar-refractivity contribution in [3.8, 4) is 23.0 Å². The summed E-state index contributed by atoms with van der Waals surface area (Å²) in [5, 5.41) is 12.1. The van der Waals surface area contributed by atoms with Gasteiger partial charge in [0.1, 0.15) is 11.4 Å². The van der Waals surface area contributed by atoms with Gasteiger partial charge in [0.15, 0.2) is 11.5 Å². The van der Waals surface area contributed by atoms with Crippen molar-refractivity contribution >= 4 is 28.3 Å². The summed E-state index contributed by atoms with van der Waals surface area (Å²) in [4.78, 5) is 22.6. The molecule has 196 valence electrons. The van der Waals surface area contributed by atoms with Crippen molar-refractivity contribution in [1.82, 2.24) is 34.7 Å². The lowest BCUT2D eigenvalue weighted by Gasteiger charge is -2.19. The Morgan fingerprint density at radius 2 is 1.98 bits per heavy atom. The van der Waals surface area contributed by atoms with E-state index in [9.17, 15) is 9.18 Å². The van der Waals surface area contributed by atoms with Crippen molar-refractivity contribution in [1.29, 1.82) is 0 Å². The van der Waals surface area contributed by atoms with Gasteiger partial charge in [0.25, 0.3) is 5.91 Å². The van der Waals surface area contributed by atoms with Gasteiger partial charge < -0.3 is 11.1 Å². The van der Waals surface area contributed by atoms with E-state index in [0.29, 0.717) is 28.0 Å². The number of nitrogens with one attached hydrogen (secondary N) is 1. The third-order valence-corrected chi connectivity index (χ3v) is 6.48. The van der Waals surface area contributed by atoms with Crippen LogP contribution in [0.3, 0.4) is 0 Å². The second-order valence-electron chi connectivity index (χ2n) is 9.30. The summed E-state index contributed by atoms with van der Waals surface area (Å²) in [5.74, 6) is 5.59. The highest BCUT2D eigenvalue weighted by atomic mass is 19.1. The lowest BCUT2D eigenvalue weighted by atomic mass is 9.96. The minimum Gasteiger partial charge on any atom is -0.381 e. The van der Waals surface area contributed by atoms with Crippen LogP contribution in [0.1, 0.15) is 40.1 Å². The summed E-state index contributed by atoms with van der Waals surface area (Å²) >= 11 is 0. The highest BCUT2D eigenvalue weighted by molar-refractivity contribution is 6.04. The van der Waals surface area contributed by atoms with E-state index in [0.717, 1.165) is 16.5 Å². The maximum absolute atomic E-state index is 14.3. The van der Waals surface area contributed by atoms with Crippen LogP contribution in [0.4, 0.5) is 10.2 Å². The monoisotopic (exact) mass is 530 g/mol. The molecule has 0 spiro atoms. The van der Waals surface area contributed by atoms with Gasteiger partial charge in [0.05, 0.1) is 29.0 Å². The first-order valence-corrected chi connectivity index (χ1v) is 12.5. The van der Waals surface area contributed by atoms with Crippen molar-refractivity contribution < 1.29 is 9.18 Å². The first kappa shape index (κ1) is 24.8. The number of rotatable bonds is 4. The summed E-state index contributed by atoms with van der Waals surface area (Å²) in [6, 6.07) is 15.0. The molecule has 0 saturated carbocycles. The fourth-order valence-corrected chi connectivity index (χ4v) is 4.62. The Balaban J connectivity index is 1.45. The third kappa shape index (κ3) is 4.61. The SMILES string of the molecule is CC(NC(=O)c1c(N)nn2cccnc12)c1nc2cccc(C#Cc3cnn(C)c3)c2cc1-c1cccc(F)c1. The molecule has 0 saturated heterocycles. The van der Waals surface area contributed by atoms with Crippen LogP contribution in [-0.4, -0.2) is 35.3 Å². The minimum atomic E-state index is -0.571. The molecule has 0 aliphatic carbocycles. The molecule has 9 nitrogen and oxygen atoms in total. The largest absolute Gasteiger partial charge is 0.381 e. The Bertz CT molecular complexity index is 1980. The van der Waals surface area contributed by atoms with Crippen LogP contribution in [0.2, 0.25) is 0 Å². The van der Waals surface area contributed by atoms with E-state index in [2.05, 4.69) is 32.3 Å². The van der Waals surface area contributed by atoms with Crippen molar-refractivity contribution in [2.75, 3.05) is 5.73 Å². The molecule has 40 heavy (non-hydrogen) atoms. The Kier molecular flexibility index (Phi) is 6.16. The van der Waals surface area contributed by atoms with Crippen LogP contribution in [0.5, 0.6) is 0 Å². The number of halogens is 1. The van der Waals surface area contributed by atoms with Crippen LogP contribution in [0.15, 0.2) is 79.4 Å². The van der Waals surface area contributed by atoms with E-state index < -0.39 is 11.9 Å². The van der Waals surface area contributed by atoms with Crippen molar-refractivity contribution in [3.05, 3.63) is 108 Å². The molecule has 1 atom stereocenters. The Morgan fingerprint density at radius 3 is 2.77 bits per heavy atom. The molecule has 4 heterocycles. The smallest absolute Gasteiger partial charge is 0.259 e. The molecule has 0 radical (unpaired) electrons. The molecule has 0 aliphatic heterocycles. The van der Waals surface area contributed by atoms with Crippen molar-refractivity contribution in [2.24, 2.45) is 7.05 Å². The van der Waals surface area contributed by atoms with Crippen molar-refractivity contribution in [3.63, 3.8) is 0 Å². The van der Waals surface area contributed by atoms with Gasteiger partial charge in [0.2, 0.25) is 0 Å². The topological polar surface area (TPSA) is 116 Å². The average molecular weight is 531 g/mol. The normalized spacial score (nSPS) is 11.8. The number of aryl methyl sites for hydroxylation is 1.